The zero-order valence-electron chi connectivity index (χ0n) is 20.3. The minimum atomic E-state index is -3.95. The van der Waals surface area contributed by atoms with Gasteiger partial charge in [-0.15, -0.1) is 0 Å². The molecule has 0 bridgehead atoms. The summed E-state index contributed by atoms with van der Waals surface area (Å²) in [5.41, 5.74) is -1.76. The molecule has 0 aromatic heterocycles. The minimum Gasteiger partial charge on any atom is -0.384 e. The number of nitrogens with one attached hydrogen (secondary N) is 1. The van der Waals surface area contributed by atoms with Crippen LogP contribution in [-0.2, 0) is 20.4 Å². The lowest BCUT2D eigenvalue weighted by atomic mass is 9.66. The first-order chi connectivity index (χ1) is 16.0. The van der Waals surface area contributed by atoms with Gasteiger partial charge in [-0.2, -0.15) is 0 Å². The van der Waals surface area contributed by atoms with Crippen LogP contribution in [0.4, 0.5) is 0 Å². The number of rotatable bonds is 6. The molecule has 8 nitrogen and oxygen atoms in total. The molecule has 10 heteroatoms. The van der Waals surface area contributed by atoms with Gasteiger partial charge in [0.25, 0.3) is 5.91 Å². The molecule has 35 heavy (non-hydrogen) atoms. The fraction of sp³-hybridized carbons (Fsp3) is 0.440. The first-order valence-electron chi connectivity index (χ1n) is 11.3. The number of sulfonamides is 1. The second kappa shape index (κ2) is 9.54. The third-order valence-corrected chi connectivity index (χ3v) is 7.76. The van der Waals surface area contributed by atoms with E-state index < -0.39 is 32.5 Å². The van der Waals surface area contributed by atoms with E-state index in [-0.39, 0.29) is 22.8 Å². The molecular formula is C25H32ClN3O5S. The number of nitrogens with zero attached hydrogens (tertiary/aromatic N) is 1. The summed E-state index contributed by atoms with van der Waals surface area (Å²) < 4.78 is 23.2. The Labute approximate surface area is 211 Å². The Morgan fingerprint density at radius 1 is 1.17 bits per heavy atom. The summed E-state index contributed by atoms with van der Waals surface area (Å²) in [6.07, 6.45) is 0.392. The number of nitrogens with two attached hydrogens (primary N) is 1. The number of carbonyl (C=O) groups excluding carboxylic acids is 2. The molecule has 190 valence electrons. The highest BCUT2D eigenvalue weighted by atomic mass is 35.5. The largest absolute Gasteiger partial charge is 0.384 e. The van der Waals surface area contributed by atoms with Crippen LogP contribution in [0.2, 0.25) is 5.02 Å². The van der Waals surface area contributed by atoms with Crippen molar-refractivity contribution in [2.45, 2.75) is 56.6 Å². The van der Waals surface area contributed by atoms with E-state index in [4.69, 9.17) is 16.7 Å². The summed E-state index contributed by atoms with van der Waals surface area (Å²) in [5, 5.41) is 20.1. The van der Waals surface area contributed by atoms with E-state index in [1.165, 1.54) is 24.3 Å². The summed E-state index contributed by atoms with van der Waals surface area (Å²) in [4.78, 5) is 27.5. The van der Waals surface area contributed by atoms with E-state index in [1.54, 1.807) is 30.9 Å². The molecule has 0 saturated carbocycles. The van der Waals surface area contributed by atoms with Crippen LogP contribution in [-0.4, -0.2) is 48.9 Å². The molecule has 1 saturated heterocycles. The highest BCUT2D eigenvalue weighted by molar-refractivity contribution is 7.89. The third-order valence-electron chi connectivity index (χ3n) is 6.59. The topological polar surface area (TPSA) is 130 Å². The molecule has 1 heterocycles. The molecule has 2 aromatic rings. The van der Waals surface area contributed by atoms with E-state index >= 15 is 0 Å². The molecule has 2 aromatic carbocycles. The Morgan fingerprint density at radius 2 is 1.80 bits per heavy atom. The molecule has 1 aliphatic heterocycles. The fourth-order valence-corrected chi connectivity index (χ4v) is 5.21. The van der Waals surface area contributed by atoms with E-state index in [2.05, 4.69) is 5.32 Å². The van der Waals surface area contributed by atoms with Crippen molar-refractivity contribution >= 4 is 33.4 Å². The first-order valence-corrected chi connectivity index (χ1v) is 13.2. The molecule has 0 aliphatic carbocycles. The van der Waals surface area contributed by atoms with Gasteiger partial charge in [-0.3, -0.25) is 9.59 Å². The van der Waals surface area contributed by atoms with Crippen LogP contribution in [0.1, 0.15) is 56.5 Å². The predicted octanol–water partition coefficient (Wildman–Crippen LogP) is 3.03. The van der Waals surface area contributed by atoms with Gasteiger partial charge in [0, 0.05) is 41.1 Å². The van der Waals surface area contributed by atoms with Crippen molar-refractivity contribution in [3.8, 4) is 0 Å². The van der Waals surface area contributed by atoms with Crippen LogP contribution in [0.3, 0.4) is 0 Å². The maximum Gasteiger partial charge on any atom is 0.251 e. The van der Waals surface area contributed by atoms with Crippen LogP contribution in [0.15, 0.2) is 53.4 Å². The SMILES string of the molecule is CC(C)(CC(=O)N1CC[C@](O)(c2ccc(Cl)cc2)C(C)(C)C1)NC(=O)c1cccc(S(N)(=O)=O)c1. The van der Waals surface area contributed by atoms with Gasteiger partial charge >= 0.3 is 0 Å². The van der Waals surface area contributed by atoms with Crippen molar-refractivity contribution in [2.24, 2.45) is 10.6 Å². The maximum absolute atomic E-state index is 13.2. The highest BCUT2D eigenvalue weighted by Gasteiger charge is 2.49. The van der Waals surface area contributed by atoms with Crippen LogP contribution in [0, 0.1) is 5.41 Å². The number of halogens is 1. The number of benzene rings is 2. The molecule has 1 atom stereocenters. The Kier molecular flexibility index (Phi) is 7.39. The predicted molar refractivity (Wildman–Crippen MR) is 134 cm³/mol. The first kappa shape index (κ1) is 27.1. The van der Waals surface area contributed by atoms with Crippen LogP contribution < -0.4 is 10.5 Å². The smallest absolute Gasteiger partial charge is 0.251 e. The standard InChI is InChI=1S/C25H32ClN3O5S/c1-23(2)16-29(13-12-25(23,32)18-8-10-19(26)11-9-18)21(30)15-24(3,4)28-22(31)17-6-5-7-20(14-17)35(27,33)34/h5-11,14,32H,12-13,15-16H2,1-4H3,(H,28,31)(H2,27,33,34)/t25-/m0/s1. The van der Waals surface area contributed by atoms with Crippen molar-refractivity contribution in [1.82, 2.24) is 10.2 Å². The number of hydrogen-bond acceptors (Lipinski definition) is 5. The normalized spacial score (nSPS) is 20.4. The summed E-state index contributed by atoms with van der Waals surface area (Å²) in [7, 11) is -3.95. The summed E-state index contributed by atoms with van der Waals surface area (Å²) in [6.45, 7) is 8.00. The molecule has 4 N–H and O–H groups in total. The van der Waals surface area contributed by atoms with Crippen molar-refractivity contribution in [3.63, 3.8) is 0 Å². The molecule has 1 aliphatic rings. The minimum absolute atomic E-state index is 0.0308. The number of piperidine rings is 1. The van der Waals surface area contributed by atoms with E-state index in [1.807, 2.05) is 26.0 Å². The van der Waals surface area contributed by atoms with Gasteiger partial charge in [0.1, 0.15) is 0 Å². The number of likely N-dealkylation sites (tertiary alicyclic amines) is 1. The van der Waals surface area contributed by atoms with Crippen molar-refractivity contribution in [3.05, 3.63) is 64.7 Å². The number of primary sulfonamides is 1. The third kappa shape index (κ3) is 6.03. The van der Waals surface area contributed by atoms with Crippen LogP contribution in [0.5, 0.6) is 0 Å². The lowest BCUT2D eigenvalue weighted by Crippen LogP contribution is -2.58. The van der Waals surface area contributed by atoms with Gasteiger partial charge in [0.15, 0.2) is 0 Å². The Hall–Kier alpha value is -2.46. The molecule has 0 spiro atoms. The van der Waals surface area contributed by atoms with E-state index in [0.29, 0.717) is 24.5 Å². The monoisotopic (exact) mass is 521 g/mol. The van der Waals surface area contributed by atoms with Gasteiger partial charge in [0.05, 0.1) is 10.5 Å². The van der Waals surface area contributed by atoms with Crippen LogP contribution in [0.25, 0.3) is 0 Å². The second-order valence-electron chi connectivity index (χ2n) is 10.4. The number of amides is 2. The van der Waals surface area contributed by atoms with Crippen molar-refractivity contribution < 1.29 is 23.1 Å². The van der Waals surface area contributed by atoms with E-state index in [9.17, 15) is 23.1 Å². The molecule has 0 radical (unpaired) electrons. The second-order valence-corrected chi connectivity index (χ2v) is 12.4. The average Bonchev–Trinajstić information content (AvgIpc) is 2.74. The molecular weight excluding hydrogens is 490 g/mol. The molecule has 3 rings (SSSR count). The summed E-state index contributed by atoms with van der Waals surface area (Å²) >= 11 is 6.00. The van der Waals surface area contributed by atoms with Gasteiger partial charge in [0.2, 0.25) is 15.9 Å². The quantitative estimate of drug-likeness (QED) is 0.538. The van der Waals surface area contributed by atoms with Crippen molar-refractivity contribution in [1.29, 1.82) is 0 Å². The Bertz CT molecular complexity index is 1230. The zero-order valence-corrected chi connectivity index (χ0v) is 21.9. The highest BCUT2D eigenvalue weighted by Crippen LogP contribution is 2.46. The Morgan fingerprint density at radius 3 is 2.37 bits per heavy atom. The summed E-state index contributed by atoms with van der Waals surface area (Å²) in [6, 6.07) is 12.5. The van der Waals surface area contributed by atoms with Crippen LogP contribution >= 0.6 is 11.6 Å². The van der Waals surface area contributed by atoms with Gasteiger partial charge in [-0.25, -0.2) is 13.6 Å². The molecule has 0 unspecified atom stereocenters. The fourth-order valence-electron chi connectivity index (χ4n) is 4.52. The number of carbonyl (C=O) groups is 2. The van der Waals surface area contributed by atoms with Gasteiger partial charge < -0.3 is 15.3 Å². The van der Waals surface area contributed by atoms with Gasteiger partial charge in [-0.1, -0.05) is 43.6 Å². The Balaban J connectivity index is 1.68. The zero-order chi connectivity index (χ0) is 26.2. The van der Waals surface area contributed by atoms with E-state index in [0.717, 1.165) is 5.56 Å². The lowest BCUT2D eigenvalue weighted by molar-refractivity contribution is -0.154. The lowest BCUT2D eigenvalue weighted by Gasteiger charge is -2.51. The van der Waals surface area contributed by atoms with Gasteiger partial charge in [-0.05, 0) is 56.2 Å². The molecule has 2 amide bonds. The number of hydrogen-bond donors (Lipinski definition) is 3. The maximum atomic E-state index is 13.2. The number of aliphatic hydroxyl groups is 1. The average molecular weight is 522 g/mol. The summed E-state index contributed by atoms with van der Waals surface area (Å²) in [5.74, 6) is -0.663. The van der Waals surface area contributed by atoms with Crippen molar-refractivity contribution in [2.75, 3.05) is 13.1 Å². The molecule has 1 fully saturated rings.